The molecule has 24 heavy (non-hydrogen) atoms. The molecule has 0 aromatic heterocycles. The Kier molecular flexibility index (Phi) is 2.80. The Morgan fingerprint density at radius 1 is 1.29 bits per heavy atom. The van der Waals surface area contributed by atoms with Gasteiger partial charge in [-0.25, -0.2) is 4.90 Å². The number of nitro groups is 1. The van der Waals surface area contributed by atoms with Gasteiger partial charge in [0.25, 0.3) is 5.69 Å². The van der Waals surface area contributed by atoms with Crippen LogP contribution in [0.1, 0.15) is 6.92 Å². The summed E-state index contributed by atoms with van der Waals surface area (Å²) in [6.07, 6.45) is 3.34. The molecule has 4 rings (SSSR count). The van der Waals surface area contributed by atoms with Crippen molar-refractivity contribution in [3.05, 3.63) is 46.5 Å². The summed E-state index contributed by atoms with van der Waals surface area (Å²) in [4.78, 5) is 37.1. The van der Waals surface area contributed by atoms with E-state index in [4.69, 9.17) is 4.74 Å². The molecule has 3 heterocycles. The predicted octanol–water partition coefficient (Wildman–Crippen LogP) is 0.790. The van der Waals surface area contributed by atoms with Crippen molar-refractivity contribution < 1.29 is 24.4 Å². The van der Waals surface area contributed by atoms with Crippen LogP contribution in [0, 0.1) is 22.0 Å². The number of rotatable bonds is 3. The van der Waals surface area contributed by atoms with Gasteiger partial charge >= 0.3 is 0 Å². The van der Waals surface area contributed by atoms with Crippen LogP contribution in [0.2, 0.25) is 0 Å². The number of imide groups is 1. The number of carbonyl (C=O) groups is 2. The zero-order chi connectivity index (χ0) is 17.3. The zero-order valence-corrected chi connectivity index (χ0v) is 12.7. The molecule has 2 saturated heterocycles. The fourth-order valence-electron chi connectivity index (χ4n) is 4.04. The highest BCUT2D eigenvalue weighted by molar-refractivity contribution is 6.23. The molecule has 2 fully saturated rings. The van der Waals surface area contributed by atoms with Crippen LogP contribution >= 0.6 is 0 Å². The number of aliphatic hydroxyl groups is 1. The third-order valence-corrected chi connectivity index (χ3v) is 5.10. The van der Waals surface area contributed by atoms with E-state index in [9.17, 15) is 24.8 Å². The lowest BCUT2D eigenvalue weighted by atomic mass is 9.73. The Morgan fingerprint density at radius 2 is 2.00 bits per heavy atom. The molecule has 2 bridgehead atoms. The van der Waals surface area contributed by atoms with Crippen LogP contribution in [-0.4, -0.2) is 39.7 Å². The first-order valence-electron chi connectivity index (χ1n) is 7.47. The molecule has 0 unspecified atom stereocenters. The van der Waals surface area contributed by atoms with E-state index in [-0.39, 0.29) is 11.4 Å². The second kappa shape index (κ2) is 4.49. The van der Waals surface area contributed by atoms with Gasteiger partial charge < -0.3 is 9.84 Å². The van der Waals surface area contributed by atoms with Crippen LogP contribution in [0.5, 0.6) is 0 Å². The number of nitro benzene ring substituents is 1. The molecule has 4 atom stereocenters. The molecule has 8 heteroatoms. The summed E-state index contributed by atoms with van der Waals surface area (Å²) in [5, 5.41) is 20.7. The van der Waals surface area contributed by atoms with Crippen molar-refractivity contribution in [1.29, 1.82) is 0 Å². The van der Waals surface area contributed by atoms with Crippen LogP contribution in [0.3, 0.4) is 0 Å². The van der Waals surface area contributed by atoms with Gasteiger partial charge in [-0.1, -0.05) is 18.2 Å². The average Bonchev–Trinajstić information content (AvgIpc) is 3.13. The summed E-state index contributed by atoms with van der Waals surface area (Å²) in [5.74, 6) is -2.55. The van der Waals surface area contributed by atoms with Gasteiger partial charge in [-0.3, -0.25) is 19.7 Å². The SMILES string of the molecule is C[C@@]12C=C[C@@](CO)(O1)[C@H]1C(=O)N(c3cccc([N+](=O)[O-])c3)C(=O)[C@@H]12. The number of anilines is 1. The number of carbonyl (C=O) groups excluding carboxylic acids is 2. The van der Waals surface area contributed by atoms with Crippen molar-refractivity contribution in [2.24, 2.45) is 11.8 Å². The van der Waals surface area contributed by atoms with Crippen molar-refractivity contribution in [3.8, 4) is 0 Å². The maximum atomic E-state index is 12.9. The van der Waals surface area contributed by atoms with Gasteiger partial charge in [-0.15, -0.1) is 0 Å². The molecule has 1 aromatic rings. The fraction of sp³-hybridized carbons (Fsp3) is 0.375. The van der Waals surface area contributed by atoms with Crippen LogP contribution in [0.25, 0.3) is 0 Å². The summed E-state index contributed by atoms with van der Waals surface area (Å²) in [5.41, 5.74) is -2.22. The lowest BCUT2D eigenvalue weighted by molar-refractivity contribution is -0.384. The minimum absolute atomic E-state index is 0.157. The minimum Gasteiger partial charge on any atom is -0.393 e. The lowest BCUT2D eigenvalue weighted by Gasteiger charge is -2.26. The first kappa shape index (κ1) is 15.0. The number of ether oxygens (including phenoxy) is 1. The number of amides is 2. The van der Waals surface area contributed by atoms with Gasteiger partial charge in [-0.2, -0.15) is 0 Å². The number of benzene rings is 1. The second-order valence-corrected chi connectivity index (χ2v) is 6.48. The minimum atomic E-state index is -1.21. The lowest BCUT2D eigenvalue weighted by Crippen LogP contribution is -2.43. The van der Waals surface area contributed by atoms with Gasteiger partial charge in [0.15, 0.2) is 0 Å². The number of fused-ring (bicyclic) bond motifs is 5. The van der Waals surface area contributed by atoms with E-state index in [1.165, 1.54) is 24.3 Å². The third kappa shape index (κ3) is 1.64. The average molecular weight is 330 g/mol. The molecule has 0 aliphatic carbocycles. The molecule has 8 nitrogen and oxygen atoms in total. The van der Waals surface area contributed by atoms with Gasteiger partial charge in [0.1, 0.15) is 5.60 Å². The second-order valence-electron chi connectivity index (χ2n) is 6.48. The quantitative estimate of drug-likeness (QED) is 0.380. The van der Waals surface area contributed by atoms with Crippen LogP contribution in [0.4, 0.5) is 11.4 Å². The largest absolute Gasteiger partial charge is 0.393 e. The molecular weight excluding hydrogens is 316 g/mol. The highest BCUT2D eigenvalue weighted by atomic mass is 16.6. The van der Waals surface area contributed by atoms with Crippen LogP contribution in [-0.2, 0) is 14.3 Å². The van der Waals surface area contributed by atoms with E-state index in [2.05, 4.69) is 0 Å². The van der Waals surface area contributed by atoms with Gasteiger partial charge in [0.05, 0.1) is 34.7 Å². The molecule has 1 N–H and O–H groups in total. The molecule has 2 amide bonds. The smallest absolute Gasteiger partial charge is 0.271 e. The Hall–Kier alpha value is -2.58. The number of aliphatic hydroxyl groups excluding tert-OH is 1. The van der Waals surface area contributed by atoms with Crippen molar-refractivity contribution in [2.75, 3.05) is 11.5 Å². The Balaban J connectivity index is 1.80. The van der Waals surface area contributed by atoms with Crippen LogP contribution < -0.4 is 4.90 Å². The summed E-state index contributed by atoms with van der Waals surface area (Å²) < 4.78 is 5.81. The van der Waals surface area contributed by atoms with Gasteiger partial charge in [-0.05, 0) is 13.0 Å². The van der Waals surface area contributed by atoms with E-state index >= 15 is 0 Å². The summed E-state index contributed by atoms with van der Waals surface area (Å²) in [7, 11) is 0. The summed E-state index contributed by atoms with van der Waals surface area (Å²) in [6, 6.07) is 5.39. The molecule has 3 aliphatic heterocycles. The normalized spacial score (nSPS) is 36.5. The maximum Gasteiger partial charge on any atom is 0.271 e. The standard InChI is InChI=1S/C16H14N2O6/c1-15-5-6-16(8-19,24-15)12-11(15)13(20)17(14(12)21)9-3-2-4-10(7-9)18(22)23/h2-7,11-12,19H,8H2,1H3/t11-,12-,15+,16+/m1/s1. The van der Waals surface area contributed by atoms with E-state index in [1.807, 2.05) is 0 Å². The summed E-state index contributed by atoms with van der Waals surface area (Å²) in [6.45, 7) is 1.29. The fourth-order valence-corrected chi connectivity index (χ4v) is 4.04. The van der Waals surface area contributed by atoms with Crippen molar-refractivity contribution in [1.82, 2.24) is 0 Å². The number of non-ortho nitro benzene ring substituents is 1. The predicted molar refractivity (Wildman–Crippen MR) is 81.0 cm³/mol. The first-order chi connectivity index (χ1) is 11.3. The monoisotopic (exact) mass is 330 g/mol. The van der Waals surface area contributed by atoms with E-state index < -0.39 is 46.4 Å². The Labute approximate surface area is 136 Å². The third-order valence-electron chi connectivity index (χ3n) is 5.10. The first-order valence-corrected chi connectivity index (χ1v) is 7.47. The Bertz CT molecular complexity index is 821. The van der Waals surface area contributed by atoms with E-state index in [0.717, 1.165) is 4.90 Å². The topological polar surface area (TPSA) is 110 Å². The number of hydrogen-bond acceptors (Lipinski definition) is 6. The molecule has 3 aliphatic rings. The number of hydrogen-bond donors (Lipinski definition) is 1. The molecule has 0 radical (unpaired) electrons. The van der Waals surface area contributed by atoms with E-state index in [0.29, 0.717) is 0 Å². The molecule has 1 aromatic carbocycles. The van der Waals surface area contributed by atoms with Crippen molar-refractivity contribution in [3.63, 3.8) is 0 Å². The molecular formula is C16H14N2O6. The summed E-state index contributed by atoms with van der Waals surface area (Å²) >= 11 is 0. The van der Waals surface area contributed by atoms with E-state index in [1.54, 1.807) is 19.1 Å². The Morgan fingerprint density at radius 3 is 2.67 bits per heavy atom. The molecule has 0 saturated carbocycles. The highest BCUT2D eigenvalue weighted by Crippen LogP contribution is 2.57. The van der Waals surface area contributed by atoms with Crippen LogP contribution in [0.15, 0.2) is 36.4 Å². The molecule has 0 spiro atoms. The number of nitrogens with zero attached hydrogens (tertiary/aromatic N) is 2. The van der Waals surface area contributed by atoms with Gasteiger partial charge in [0, 0.05) is 12.1 Å². The maximum absolute atomic E-state index is 12.9. The zero-order valence-electron chi connectivity index (χ0n) is 12.7. The van der Waals surface area contributed by atoms with Crippen molar-refractivity contribution in [2.45, 2.75) is 18.1 Å². The van der Waals surface area contributed by atoms with Crippen molar-refractivity contribution >= 4 is 23.2 Å². The molecule has 124 valence electrons. The van der Waals surface area contributed by atoms with Gasteiger partial charge in [0.2, 0.25) is 11.8 Å². The highest BCUT2D eigenvalue weighted by Gasteiger charge is 2.72.